The number of benzene rings is 1. The minimum Gasteiger partial charge on any atom is -0.495 e. The van der Waals surface area contributed by atoms with Crippen molar-refractivity contribution in [1.82, 2.24) is 10.3 Å². The predicted octanol–water partition coefficient (Wildman–Crippen LogP) is 3.84. The molecule has 1 aromatic carbocycles. The highest BCUT2D eigenvalue weighted by Gasteiger charge is 2.21. The highest BCUT2D eigenvalue weighted by molar-refractivity contribution is 9.10. The highest BCUT2D eigenvalue weighted by Crippen LogP contribution is 2.35. The van der Waals surface area contributed by atoms with Crippen molar-refractivity contribution in [3.05, 3.63) is 27.3 Å². The molecule has 2 aromatic rings. The number of aromatic amines is 1. The average molecular weight is 330 g/mol. The number of rotatable bonds is 4. The van der Waals surface area contributed by atoms with Gasteiger partial charge in [0, 0.05) is 33.7 Å². The SMILES string of the molecule is COc1cc2c(Br)c(CNC3CC3)[nH]c2cc1Cl. The van der Waals surface area contributed by atoms with Crippen molar-refractivity contribution in [3.8, 4) is 5.75 Å². The number of fused-ring (bicyclic) bond motifs is 1. The highest BCUT2D eigenvalue weighted by atomic mass is 79.9. The molecule has 1 aromatic heterocycles. The van der Waals surface area contributed by atoms with Gasteiger partial charge in [-0.2, -0.15) is 0 Å². The van der Waals surface area contributed by atoms with E-state index in [1.165, 1.54) is 12.8 Å². The summed E-state index contributed by atoms with van der Waals surface area (Å²) in [4.78, 5) is 3.39. The van der Waals surface area contributed by atoms with Gasteiger partial charge in [-0.1, -0.05) is 11.6 Å². The number of aromatic nitrogens is 1. The van der Waals surface area contributed by atoms with Gasteiger partial charge in [0.25, 0.3) is 0 Å². The first-order chi connectivity index (χ1) is 8.69. The third-order valence-electron chi connectivity index (χ3n) is 3.22. The van der Waals surface area contributed by atoms with Crippen molar-refractivity contribution < 1.29 is 4.74 Å². The zero-order chi connectivity index (χ0) is 12.7. The molecular formula is C13H14BrClN2O. The van der Waals surface area contributed by atoms with Gasteiger partial charge in [-0.15, -0.1) is 0 Å². The van der Waals surface area contributed by atoms with E-state index >= 15 is 0 Å². The van der Waals surface area contributed by atoms with Crippen molar-refractivity contribution in [3.63, 3.8) is 0 Å². The van der Waals surface area contributed by atoms with Crippen LogP contribution in [0.3, 0.4) is 0 Å². The Hall–Kier alpha value is -0.710. The number of H-pyrrole nitrogens is 1. The van der Waals surface area contributed by atoms with Crippen LogP contribution in [0, 0.1) is 0 Å². The van der Waals surface area contributed by atoms with Gasteiger partial charge in [0.15, 0.2) is 0 Å². The molecule has 0 saturated heterocycles. The van der Waals surface area contributed by atoms with Crippen LogP contribution in [0.1, 0.15) is 18.5 Å². The summed E-state index contributed by atoms with van der Waals surface area (Å²) in [6.45, 7) is 0.847. The van der Waals surface area contributed by atoms with Crippen LogP contribution in [0.2, 0.25) is 5.02 Å². The van der Waals surface area contributed by atoms with E-state index in [0.29, 0.717) is 16.8 Å². The molecule has 2 N–H and O–H groups in total. The lowest BCUT2D eigenvalue weighted by Crippen LogP contribution is -2.15. The summed E-state index contributed by atoms with van der Waals surface area (Å²) < 4.78 is 6.33. The first kappa shape index (κ1) is 12.3. The van der Waals surface area contributed by atoms with E-state index in [0.717, 1.165) is 27.6 Å². The minimum atomic E-state index is 0.625. The van der Waals surface area contributed by atoms with Gasteiger partial charge in [0.05, 0.1) is 12.1 Å². The molecule has 1 heterocycles. The molecule has 0 radical (unpaired) electrons. The lowest BCUT2D eigenvalue weighted by atomic mass is 10.2. The number of hydrogen-bond donors (Lipinski definition) is 2. The summed E-state index contributed by atoms with van der Waals surface area (Å²) in [6.07, 6.45) is 2.58. The van der Waals surface area contributed by atoms with Gasteiger partial charge in [-0.3, -0.25) is 0 Å². The van der Waals surface area contributed by atoms with Crippen LogP contribution in [-0.2, 0) is 6.54 Å². The Balaban J connectivity index is 1.97. The molecule has 1 saturated carbocycles. The van der Waals surface area contributed by atoms with Gasteiger partial charge < -0.3 is 15.0 Å². The smallest absolute Gasteiger partial charge is 0.138 e. The molecule has 96 valence electrons. The van der Waals surface area contributed by atoms with Crippen molar-refractivity contribution in [2.75, 3.05) is 7.11 Å². The van der Waals surface area contributed by atoms with E-state index < -0.39 is 0 Å². The van der Waals surface area contributed by atoms with Crippen LogP contribution in [0.25, 0.3) is 10.9 Å². The van der Waals surface area contributed by atoms with Gasteiger partial charge in [0.1, 0.15) is 5.75 Å². The standard InChI is InChI=1S/C13H14BrClN2O/c1-18-12-4-8-10(5-9(12)15)17-11(13(8)14)6-16-7-2-3-7/h4-5,7,16-17H,2-3,6H2,1H3. The van der Waals surface area contributed by atoms with Crippen LogP contribution in [0.4, 0.5) is 0 Å². The molecule has 0 amide bonds. The monoisotopic (exact) mass is 328 g/mol. The first-order valence-corrected chi connectivity index (χ1v) is 7.13. The van der Waals surface area contributed by atoms with Crippen LogP contribution in [0.15, 0.2) is 16.6 Å². The van der Waals surface area contributed by atoms with Crippen molar-refractivity contribution >= 4 is 38.4 Å². The van der Waals surface area contributed by atoms with E-state index in [-0.39, 0.29) is 0 Å². The summed E-state index contributed by atoms with van der Waals surface area (Å²) in [7, 11) is 1.63. The Kier molecular flexibility index (Phi) is 3.26. The number of nitrogens with one attached hydrogen (secondary N) is 2. The Morgan fingerprint density at radius 2 is 2.28 bits per heavy atom. The number of methoxy groups -OCH3 is 1. The molecule has 3 rings (SSSR count). The minimum absolute atomic E-state index is 0.625. The van der Waals surface area contributed by atoms with Crippen LogP contribution >= 0.6 is 27.5 Å². The van der Waals surface area contributed by atoms with Crippen molar-refractivity contribution in [2.45, 2.75) is 25.4 Å². The van der Waals surface area contributed by atoms with E-state index in [1.54, 1.807) is 7.11 Å². The molecular weight excluding hydrogens is 316 g/mol. The van der Waals surface area contributed by atoms with E-state index in [9.17, 15) is 0 Å². The van der Waals surface area contributed by atoms with Crippen LogP contribution in [-0.4, -0.2) is 18.1 Å². The number of halogens is 2. The Morgan fingerprint density at radius 3 is 2.94 bits per heavy atom. The molecule has 1 fully saturated rings. The fraction of sp³-hybridized carbons (Fsp3) is 0.385. The second kappa shape index (κ2) is 4.76. The summed E-state index contributed by atoms with van der Waals surface area (Å²) in [5.74, 6) is 0.700. The molecule has 0 spiro atoms. The average Bonchev–Trinajstić information content (AvgIpc) is 3.13. The molecule has 1 aliphatic rings. The Morgan fingerprint density at radius 1 is 1.50 bits per heavy atom. The molecule has 1 aliphatic carbocycles. The predicted molar refractivity (Wildman–Crippen MR) is 77.4 cm³/mol. The van der Waals surface area contributed by atoms with E-state index in [4.69, 9.17) is 16.3 Å². The zero-order valence-electron chi connectivity index (χ0n) is 10.0. The Labute approximate surface area is 119 Å². The second-order valence-corrected chi connectivity index (χ2v) is 5.81. The number of ether oxygens (including phenoxy) is 1. The third-order valence-corrected chi connectivity index (χ3v) is 4.42. The van der Waals surface area contributed by atoms with E-state index in [1.807, 2.05) is 12.1 Å². The molecule has 0 aliphatic heterocycles. The maximum Gasteiger partial charge on any atom is 0.138 e. The molecule has 0 bridgehead atoms. The lowest BCUT2D eigenvalue weighted by Gasteiger charge is -2.02. The van der Waals surface area contributed by atoms with Crippen LogP contribution < -0.4 is 10.1 Å². The summed E-state index contributed by atoms with van der Waals surface area (Å²) in [5, 5.41) is 5.22. The van der Waals surface area contributed by atoms with Gasteiger partial charge >= 0.3 is 0 Å². The largest absolute Gasteiger partial charge is 0.495 e. The van der Waals surface area contributed by atoms with Crippen molar-refractivity contribution in [2.24, 2.45) is 0 Å². The first-order valence-electron chi connectivity index (χ1n) is 5.96. The molecule has 3 nitrogen and oxygen atoms in total. The molecule has 0 unspecified atom stereocenters. The number of hydrogen-bond acceptors (Lipinski definition) is 2. The quantitative estimate of drug-likeness (QED) is 0.894. The van der Waals surface area contributed by atoms with Gasteiger partial charge in [0.2, 0.25) is 0 Å². The lowest BCUT2D eigenvalue weighted by molar-refractivity contribution is 0.415. The Bertz CT molecular complexity index is 592. The van der Waals surface area contributed by atoms with Gasteiger partial charge in [-0.05, 0) is 40.9 Å². The summed E-state index contributed by atoms with van der Waals surface area (Å²) in [6, 6.07) is 4.56. The molecule has 0 atom stereocenters. The second-order valence-electron chi connectivity index (χ2n) is 4.61. The van der Waals surface area contributed by atoms with Gasteiger partial charge in [-0.25, -0.2) is 0 Å². The fourth-order valence-electron chi connectivity index (χ4n) is 2.03. The maximum atomic E-state index is 6.13. The van der Waals surface area contributed by atoms with Crippen molar-refractivity contribution in [1.29, 1.82) is 0 Å². The van der Waals surface area contributed by atoms with E-state index in [2.05, 4.69) is 26.2 Å². The maximum absolute atomic E-state index is 6.13. The summed E-state index contributed by atoms with van der Waals surface area (Å²) >= 11 is 9.77. The zero-order valence-corrected chi connectivity index (χ0v) is 12.4. The van der Waals surface area contributed by atoms with Crippen LogP contribution in [0.5, 0.6) is 5.75 Å². The normalized spacial score (nSPS) is 15.3. The topological polar surface area (TPSA) is 37.0 Å². The molecule has 18 heavy (non-hydrogen) atoms. The third kappa shape index (κ3) is 2.25. The summed E-state index contributed by atoms with van der Waals surface area (Å²) in [5.41, 5.74) is 2.18. The molecule has 5 heteroatoms. The fourth-order valence-corrected chi connectivity index (χ4v) is 2.84.